The van der Waals surface area contributed by atoms with E-state index in [1.165, 1.54) is 0 Å². The molecular formula is C25H45ClN6O5. The zero-order valence-corrected chi connectivity index (χ0v) is 23.9. The fraction of sp³-hybridized carbons (Fsp3) is 0.880. The first-order valence-corrected chi connectivity index (χ1v) is 13.8. The van der Waals surface area contributed by atoms with Gasteiger partial charge in [-0.3, -0.25) is 4.79 Å². The van der Waals surface area contributed by atoms with Gasteiger partial charge in [0.1, 0.15) is 17.1 Å². The number of fused-ring (bicyclic) bond motifs is 4. The van der Waals surface area contributed by atoms with Gasteiger partial charge < -0.3 is 40.1 Å². The van der Waals surface area contributed by atoms with E-state index in [0.29, 0.717) is 38.3 Å². The van der Waals surface area contributed by atoms with Gasteiger partial charge in [-0.2, -0.15) is 0 Å². The maximum absolute atomic E-state index is 12.2. The molecular weight excluding hydrogens is 500 g/mol. The summed E-state index contributed by atoms with van der Waals surface area (Å²) in [5.41, 5.74) is -0.901. The number of ether oxygens (including phenoxy) is 2. The fourth-order valence-electron chi connectivity index (χ4n) is 4.98. The summed E-state index contributed by atoms with van der Waals surface area (Å²) in [4.78, 5) is 41.2. The van der Waals surface area contributed by atoms with E-state index in [0.717, 1.165) is 32.6 Å². The van der Waals surface area contributed by atoms with Gasteiger partial charge in [-0.05, 0) is 48.0 Å². The molecule has 4 aliphatic rings. The third-order valence-electron chi connectivity index (χ3n) is 6.45. The lowest BCUT2D eigenvalue weighted by Crippen LogP contribution is -2.67. The molecule has 4 saturated heterocycles. The second kappa shape index (κ2) is 12.4. The van der Waals surface area contributed by atoms with Crippen LogP contribution in [0.3, 0.4) is 0 Å². The summed E-state index contributed by atoms with van der Waals surface area (Å²) >= 11 is 5.64. The van der Waals surface area contributed by atoms with Crippen molar-refractivity contribution >= 4 is 29.7 Å². The van der Waals surface area contributed by atoms with Gasteiger partial charge in [0.05, 0.1) is 0 Å². The number of rotatable bonds is 1. The molecule has 0 saturated carbocycles. The standard InChI is InChI=1S/C14H24ClN3O3.C11H21N3O2/c1-14(2,3)21-13(20)17-5-4-10-7-18(12(19)6-15)9-11(8-17)16-10;1-11(2,3)16-10(15)14-6-8-4-12-5-9(7-14)13-8/h10-11,16H,4-9H2,1-3H3;8-9,12-13H,4-7H2,1-3H3. The van der Waals surface area contributed by atoms with Crippen LogP contribution in [0, 0.1) is 0 Å². The third kappa shape index (κ3) is 9.46. The Morgan fingerprint density at radius 1 is 0.730 bits per heavy atom. The molecule has 4 heterocycles. The second-order valence-corrected chi connectivity index (χ2v) is 12.6. The Morgan fingerprint density at radius 2 is 1.19 bits per heavy atom. The van der Waals surface area contributed by atoms with E-state index in [4.69, 9.17) is 21.1 Å². The van der Waals surface area contributed by atoms with Crippen molar-refractivity contribution in [2.45, 2.75) is 83.3 Å². The predicted molar refractivity (Wildman–Crippen MR) is 142 cm³/mol. The second-order valence-electron chi connectivity index (χ2n) is 12.3. The van der Waals surface area contributed by atoms with Gasteiger partial charge in [-0.1, -0.05) is 0 Å². The number of carbonyl (C=O) groups is 3. The Hall–Kier alpha value is -1.82. The maximum atomic E-state index is 12.2. The molecule has 0 spiro atoms. The summed E-state index contributed by atoms with van der Waals surface area (Å²) in [6, 6.07) is 1.01. The molecule has 11 nitrogen and oxygen atoms in total. The molecule has 212 valence electrons. The van der Waals surface area contributed by atoms with Crippen LogP contribution in [0.25, 0.3) is 0 Å². The molecule has 0 aromatic rings. The third-order valence-corrected chi connectivity index (χ3v) is 6.67. The normalized spacial score (nSPS) is 27.9. The highest BCUT2D eigenvalue weighted by Gasteiger charge is 2.36. The van der Waals surface area contributed by atoms with Crippen molar-refractivity contribution in [3.63, 3.8) is 0 Å². The molecule has 0 aromatic carbocycles. The molecule has 4 bridgehead atoms. The summed E-state index contributed by atoms with van der Waals surface area (Å²) < 4.78 is 10.8. The minimum Gasteiger partial charge on any atom is -0.444 e. The molecule has 0 aromatic heterocycles. The SMILES string of the molecule is CC(C)(C)OC(=O)N1CC2CNCC(C1)N2.CC(C)(C)OC(=O)N1CCC2CN(C(=O)CCl)CC(C1)N2. The van der Waals surface area contributed by atoms with Crippen molar-refractivity contribution in [3.8, 4) is 0 Å². The van der Waals surface area contributed by atoms with Gasteiger partial charge in [0.2, 0.25) is 5.91 Å². The number of carbonyl (C=O) groups excluding carboxylic acids is 3. The van der Waals surface area contributed by atoms with Crippen LogP contribution >= 0.6 is 11.6 Å². The number of amides is 3. The molecule has 0 aliphatic carbocycles. The quantitative estimate of drug-likeness (QED) is 0.422. The Kier molecular flexibility index (Phi) is 9.93. The predicted octanol–water partition coefficient (Wildman–Crippen LogP) is 1.20. The van der Waals surface area contributed by atoms with E-state index >= 15 is 0 Å². The number of nitrogens with zero attached hydrogens (tertiary/aromatic N) is 3. The molecule has 3 N–H and O–H groups in total. The molecule has 4 atom stereocenters. The summed E-state index contributed by atoms with van der Waals surface area (Å²) in [5.74, 6) is -0.0336. The maximum Gasteiger partial charge on any atom is 0.410 e. The highest BCUT2D eigenvalue weighted by molar-refractivity contribution is 6.27. The summed E-state index contributed by atoms with van der Waals surface area (Å²) in [7, 11) is 0. The molecule has 4 rings (SSSR count). The Bertz CT molecular complexity index is 804. The monoisotopic (exact) mass is 544 g/mol. The molecule has 4 fully saturated rings. The van der Waals surface area contributed by atoms with E-state index in [-0.39, 0.29) is 36.1 Å². The smallest absolute Gasteiger partial charge is 0.410 e. The molecule has 3 amide bonds. The number of piperazine rings is 3. The Morgan fingerprint density at radius 3 is 1.73 bits per heavy atom. The molecule has 0 radical (unpaired) electrons. The van der Waals surface area contributed by atoms with Crippen molar-refractivity contribution in [2.24, 2.45) is 0 Å². The van der Waals surface area contributed by atoms with Crippen molar-refractivity contribution in [2.75, 3.05) is 58.2 Å². The average Bonchev–Trinajstić information content (AvgIpc) is 2.93. The Balaban J connectivity index is 0.000000213. The summed E-state index contributed by atoms with van der Waals surface area (Å²) in [5, 5.41) is 10.3. The van der Waals surface area contributed by atoms with E-state index in [9.17, 15) is 14.4 Å². The number of hydrogen-bond acceptors (Lipinski definition) is 8. The largest absolute Gasteiger partial charge is 0.444 e. The van der Waals surface area contributed by atoms with E-state index in [2.05, 4.69) is 16.0 Å². The highest BCUT2D eigenvalue weighted by atomic mass is 35.5. The van der Waals surface area contributed by atoms with Gasteiger partial charge in [0.15, 0.2) is 0 Å². The summed E-state index contributed by atoms with van der Waals surface area (Å²) in [6.07, 6.45) is 0.333. The number of alkyl halides is 1. The molecule has 12 heteroatoms. The lowest BCUT2D eigenvalue weighted by atomic mass is 10.1. The highest BCUT2D eigenvalue weighted by Crippen LogP contribution is 2.18. The number of hydrogen-bond donors (Lipinski definition) is 3. The van der Waals surface area contributed by atoms with Crippen LogP contribution in [0.4, 0.5) is 9.59 Å². The molecule has 4 aliphatic heterocycles. The Labute approximate surface area is 225 Å². The fourth-order valence-corrected chi connectivity index (χ4v) is 5.15. The molecule has 37 heavy (non-hydrogen) atoms. The van der Waals surface area contributed by atoms with Crippen molar-refractivity contribution in [1.29, 1.82) is 0 Å². The van der Waals surface area contributed by atoms with E-state index in [1.54, 1.807) is 9.80 Å². The number of halogens is 1. The lowest BCUT2D eigenvalue weighted by molar-refractivity contribution is -0.130. The first-order valence-electron chi connectivity index (χ1n) is 13.2. The van der Waals surface area contributed by atoms with Crippen LogP contribution in [0.5, 0.6) is 0 Å². The molecule has 4 unspecified atom stereocenters. The van der Waals surface area contributed by atoms with Crippen LogP contribution < -0.4 is 16.0 Å². The van der Waals surface area contributed by atoms with Crippen LogP contribution in [0.1, 0.15) is 48.0 Å². The van der Waals surface area contributed by atoms with Crippen LogP contribution in [-0.4, -0.2) is 126 Å². The van der Waals surface area contributed by atoms with Crippen LogP contribution in [0.15, 0.2) is 0 Å². The van der Waals surface area contributed by atoms with Gasteiger partial charge in [0, 0.05) is 76.5 Å². The first-order chi connectivity index (χ1) is 17.2. The zero-order chi connectivity index (χ0) is 27.4. The van der Waals surface area contributed by atoms with Gasteiger partial charge >= 0.3 is 12.2 Å². The van der Waals surface area contributed by atoms with Gasteiger partial charge in [0.25, 0.3) is 0 Å². The van der Waals surface area contributed by atoms with Crippen LogP contribution in [-0.2, 0) is 14.3 Å². The van der Waals surface area contributed by atoms with Crippen molar-refractivity contribution in [1.82, 2.24) is 30.7 Å². The average molecular weight is 545 g/mol. The van der Waals surface area contributed by atoms with Crippen molar-refractivity contribution < 1.29 is 23.9 Å². The minimum atomic E-state index is -0.494. The zero-order valence-electron chi connectivity index (χ0n) is 23.1. The van der Waals surface area contributed by atoms with E-state index in [1.807, 2.05) is 46.4 Å². The number of nitrogens with one attached hydrogen (secondary N) is 3. The van der Waals surface area contributed by atoms with Gasteiger partial charge in [-0.25, -0.2) is 9.59 Å². The minimum absolute atomic E-state index is 0.00915. The van der Waals surface area contributed by atoms with Crippen LogP contribution in [0.2, 0.25) is 0 Å². The topological polar surface area (TPSA) is 115 Å². The van der Waals surface area contributed by atoms with Crippen molar-refractivity contribution in [3.05, 3.63) is 0 Å². The lowest BCUT2D eigenvalue weighted by Gasteiger charge is -2.42. The summed E-state index contributed by atoms with van der Waals surface area (Å²) in [6.45, 7) is 17.0. The van der Waals surface area contributed by atoms with Gasteiger partial charge in [-0.15, -0.1) is 11.6 Å². The first kappa shape index (κ1) is 29.7. The van der Waals surface area contributed by atoms with E-state index < -0.39 is 11.2 Å².